The van der Waals surface area contributed by atoms with Gasteiger partial charge in [-0.15, -0.1) is 0 Å². The smallest absolute Gasteiger partial charge is 0.135 e. The molecule has 0 fully saturated rings. The van der Waals surface area contributed by atoms with Gasteiger partial charge in [0.1, 0.15) is 12.0 Å². The van der Waals surface area contributed by atoms with Gasteiger partial charge in [0.05, 0.1) is 0 Å². The van der Waals surface area contributed by atoms with Crippen LogP contribution in [0.5, 0.6) is 0 Å². The molecule has 0 atom stereocenters. The molecule has 0 aromatic carbocycles. The third-order valence-electron chi connectivity index (χ3n) is 0.354. The van der Waals surface area contributed by atoms with Crippen LogP contribution in [0.15, 0.2) is 12.0 Å². The Morgan fingerprint density at radius 1 is 1.80 bits per heavy atom. The maximum absolute atomic E-state index is 4.50. The highest BCUT2D eigenvalue weighted by molar-refractivity contribution is 5.75. The van der Waals surface area contributed by atoms with Gasteiger partial charge in [-0.3, -0.25) is 0 Å². The van der Waals surface area contributed by atoms with Gasteiger partial charge in [-0.1, -0.05) is 0 Å². The summed E-state index contributed by atoms with van der Waals surface area (Å²) in [5, 5.41) is 0. The lowest BCUT2D eigenvalue weighted by Crippen LogP contribution is -1.33. The van der Waals surface area contributed by atoms with E-state index in [0.29, 0.717) is 0 Å². The fraction of sp³-hybridized carbons (Fsp3) is 0.333. The lowest BCUT2D eigenvalue weighted by Gasteiger charge is -1.53. The zero-order chi connectivity index (χ0) is 2.99. The van der Waals surface area contributed by atoms with Gasteiger partial charge in [0, 0.05) is 0 Å². The topological polar surface area (TPSA) is 12.5 Å². The first-order chi connectivity index (χ1) is 1.89. The number of allylic oxidation sites excluding steroid dienone is 1. The van der Waals surface area contributed by atoms with Crippen molar-refractivity contribution in [3.8, 4) is 0 Å². The molecule has 0 aromatic heterocycles. The molecule has 0 spiro atoms. The van der Waals surface area contributed by atoms with Crippen LogP contribution >= 0.6 is 0 Å². The summed E-state index contributed by atoms with van der Waals surface area (Å²) in [6.07, 6.45) is 1.71. The fourth-order valence-corrected chi connectivity index (χ4v) is 0.0589. The predicted molar refractivity (Wildman–Crippen MR) is 26.2 cm³/mol. The molecule has 0 amide bonds. The van der Waals surface area contributed by atoms with Crippen molar-refractivity contribution in [2.24, 2.45) is 0 Å². The second-order valence-corrected chi connectivity index (χ2v) is 0.846. The summed E-state index contributed by atoms with van der Waals surface area (Å²) in [4.78, 5) is 0. The maximum atomic E-state index is 4.50. The van der Waals surface area contributed by atoms with E-state index < -0.39 is 0 Å². The van der Waals surface area contributed by atoms with Crippen LogP contribution in [-0.4, -0.2) is 11.0 Å². The van der Waals surface area contributed by atoms with Gasteiger partial charge in [0.2, 0.25) is 0 Å². The molecule has 2 heteroatoms. The van der Waals surface area contributed by atoms with Gasteiger partial charge in [0.15, 0.2) is 0 Å². The normalized spacial score (nSPS) is 14.2. The van der Waals surface area contributed by atoms with Crippen LogP contribution < -0.4 is 0 Å². The molecule has 1 heterocycles. The standard InChI is InChI=1S/C3H4O.H4Si/c1-3-2-4-3;/h2H,1H3;1H4. The Morgan fingerprint density at radius 2 is 2.00 bits per heavy atom. The molecule has 5 heavy (non-hydrogen) atoms. The van der Waals surface area contributed by atoms with Gasteiger partial charge >= 0.3 is 0 Å². The Bertz CT molecular complexity index is 57.9. The van der Waals surface area contributed by atoms with Gasteiger partial charge in [-0.25, -0.2) is 0 Å². The highest BCUT2D eigenvalue weighted by Crippen LogP contribution is 2.08. The first-order valence-electron chi connectivity index (χ1n) is 1.23. The van der Waals surface area contributed by atoms with Crippen molar-refractivity contribution in [2.45, 2.75) is 6.92 Å². The molecule has 0 saturated heterocycles. The first kappa shape index (κ1) is 4.76. The van der Waals surface area contributed by atoms with E-state index in [2.05, 4.69) is 4.74 Å². The second-order valence-electron chi connectivity index (χ2n) is 0.846. The van der Waals surface area contributed by atoms with Crippen molar-refractivity contribution >= 4 is 11.0 Å². The molecule has 30 valence electrons. The van der Waals surface area contributed by atoms with E-state index in [1.165, 1.54) is 0 Å². The quantitative estimate of drug-likeness (QED) is 0.361. The molecule has 0 saturated carbocycles. The molecule has 0 N–H and O–H groups in total. The zero-order valence-corrected chi connectivity index (χ0v) is 2.49. The molecule has 0 aliphatic carbocycles. The molecule has 0 aromatic rings. The lowest BCUT2D eigenvalue weighted by molar-refractivity contribution is 0.503. The first-order valence-corrected chi connectivity index (χ1v) is 1.23. The number of hydrogen-bond acceptors (Lipinski definition) is 1. The highest BCUT2D eigenvalue weighted by atomic mass is 28.1. The third kappa shape index (κ3) is 1.53. The summed E-state index contributed by atoms with van der Waals surface area (Å²) < 4.78 is 4.50. The van der Waals surface area contributed by atoms with Crippen LogP contribution in [-0.2, 0) is 4.74 Å². The van der Waals surface area contributed by atoms with Crippen LogP contribution in [0.25, 0.3) is 0 Å². The summed E-state index contributed by atoms with van der Waals surface area (Å²) in [6.45, 7) is 1.92. The molecule has 1 aliphatic heterocycles. The monoisotopic (exact) mass is 88.0 g/mol. The van der Waals surface area contributed by atoms with Gasteiger partial charge in [-0.05, 0) is 17.9 Å². The van der Waals surface area contributed by atoms with E-state index >= 15 is 0 Å². The van der Waals surface area contributed by atoms with Crippen LogP contribution in [0, 0.1) is 0 Å². The lowest BCUT2D eigenvalue weighted by atomic mass is 10.8. The minimum atomic E-state index is 0. The molecular formula is C3H8OSi. The third-order valence-corrected chi connectivity index (χ3v) is 0.354. The SMILES string of the molecule is CC1=CO1.[SiH4]. The molecule has 1 aliphatic rings. The van der Waals surface area contributed by atoms with Gasteiger partial charge in [-0.2, -0.15) is 0 Å². The van der Waals surface area contributed by atoms with Crippen molar-refractivity contribution in [3.63, 3.8) is 0 Å². The molecule has 0 bridgehead atoms. The highest BCUT2D eigenvalue weighted by Gasteiger charge is 1.95. The number of hydrogen-bond donors (Lipinski definition) is 0. The second kappa shape index (κ2) is 1.26. The van der Waals surface area contributed by atoms with E-state index in [4.69, 9.17) is 0 Å². The summed E-state index contributed by atoms with van der Waals surface area (Å²) in [7, 11) is 0. The largest absolute Gasteiger partial charge is 0.463 e. The zero-order valence-electron chi connectivity index (χ0n) is 2.49. The minimum absolute atomic E-state index is 0. The average Bonchev–Trinajstić information content (AvgIpc) is 1.75. The van der Waals surface area contributed by atoms with Crippen molar-refractivity contribution < 1.29 is 4.74 Å². The summed E-state index contributed by atoms with van der Waals surface area (Å²) in [5.74, 6) is 1.04. The Morgan fingerprint density at radius 3 is 2.00 bits per heavy atom. The van der Waals surface area contributed by atoms with Crippen molar-refractivity contribution in [2.75, 3.05) is 0 Å². The van der Waals surface area contributed by atoms with E-state index in [1.54, 1.807) is 6.26 Å². The average molecular weight is 88.2 g/mol. The summed E-state index contributed by atoms with van der Waals surface area (Å²) >= 11 is 0. The van der Waals surface area contributed by atoms with E-state index in [0.717, 1.165) is 5.76 Å². The Kier molecular flexibility index (Phi) is 1.20. The molecule has 0 unspecified atom stereocenters. The maximum Gasteiger partial charge on any atom is 0.135 e. The van der Waals surface area contributed by atoms with Crippen molar-refractivity contribution in [3.05, 3.63) is 12.0 Å². The van der Waals surface area contributed by atoms with Crippen LogP contribution in [0.2, 0.25) is 0 Å². The summed E-state index contributed by atoms with van der Waals surface area (Å²) in [5.41, 5.74) is 0. The van der Waals surface area contributed by atoms with E-state index in [-0.39, 0.29) is 11.0 Å². The van der Waals surface area contributed by atoms with Gasteiger partial charge in [0.25, 0.3) is 0 Å². The predicted octanol–water partition coefficient (Wildman–Crippen LogP) is -0.574. The van der Waals surface area contributed by atoms with Gasteiger partial charge < -0.3 is 4.74 Å². The summed E-state index contributed by atoms with van der Waals surface area (Å²) in [6, 6.07) is 0. The molecule has 1 rings (SSSR count). The number of rotatable bonds is 0. The van der Waals surface area contributed by atoms with Crippen LogP contribution in [0.1, 0.15) is 6.92 Å². The minimum Gasteiger partial charge on any atom is -0.463 e. The fourth-order valence-electron chi connectivity index (χ4n) is 0.0589. The van der Waals surface area contributed by atoms with Crippen molar-refractivity contribution in [1.82, 2.24) is 0 Å². The molecular weight excluding hydrogens is 80.1 g/mol. The van der Waals surface area contributed by atoms with Crippen LogP contribution in [0.4, 0.5) is 0 Å². The van der Waals surface area contributed by atoms with E-state index in [1.807, 2.05) is 6.92 Å². The Hall–Kier alpha value is -0.243. The Labute approximate surface area is 35.7 Å². The molecule has 0 radical (unpaired) electrons. The number of ether oxygens (including phenoxy) is 1. The Balaban J connectivity index is 0.000000160. The van der Waals surface area contributed by atoms with Crippen LogP contribution in [0.3, 0.4) is 0 Å². The molecule has 1 nitrogen and oxygen atoms in total. The van der Waals surface area contributed by atoms with Crippen molar-refractivity contribution in [1.29, 1.82) is 0 Å². The van der Waals surface area contributed by atoms with E-state index in [9.17, 15) is 0 Å².